The number of nitrogens with one attached hydrogen (secondary N) is 3. The van der Waals surface area contributed by atoms with Gasteiger partial charge in [0.2, 0.25) is 21.9 Å². The highest BCUT2D eigenvalue weighted by Gasteiger charge is 2.26. The zero-order chi connectivity index (χ0) is 31.5. The number of hydrogen-bond donors (Lipinski definition) is 4. The molecule has 4 rings (SSSR count). The summed E-state index contributed by atoms with van der Waals surface area (Å²) >= 11 is 0. The molecule has 0 saturated heterocycles. The number of carbonyl (C=O) groups excluding carboxylic acids is 1. The lowest BCUT2D eigenvalue weighted by atomic mass is 9.93. The highest BCUT2D eigenvalue weighted by atomic mass is 32.2. The number of nitrogens with zero attached hydrogens (tertiary/aromatic N) is 5. The Bertz CT molecular complexity index is 1450. The number of carbonyl (C=O) groups is 1. The normalized spacial score (nSPS) is 17.3. The third-order valence-corrected chi connectivity index (χ3v) is 9.48. The fraction of sp³-hybridized carbons (Fsp3) is 0.613. The molecule has 4 N–H and O–H groups in total. The first kappa shape index (κ1) is 33.8. The minimum atomic E-state index is -3.79. The van der Waals surface area contributed by atoms with Crippen molar-refractivity contribution in [2.24, 2.45) is 0 Å². The third kappa shape index (κ3) is 9.19. The molecule has 0 unspecified atom stereocenters. The van der Waals surface area contributed by atoms with Crippen molar-refractivity contribution in [3.05, 3.63) is 30.5 Å². The van der Waals surface area contributed by atoms with E-state index in [2.05, 4.69) is 46.1 Å². The first-order chi connectivity index (χ1) is 21.2. The summed E-state index contributed by atoms with van der Waals surface area (Å²) < 4.78 is 30.4. The number of aromatic nitrogens is 4. The van der Waals surface area contributed by atoms with Gasteiger partial charge in [-0.05, 0) is 77.2 Å². The van der Waals surface area contributed by atoms with Gasteiger partial charge in [-0.1, -0.05) is 32.4 Å². The predicted molar refractivity (Wildman–Crippen MR) is 173 cm³/mol. The third-order valence-electron chi connectivity index (χ3n) is 8.00. The molecule has 0 spiro atoms. The molecule has 12 nitrogen and oxygen atoms in total. The lowest BCUT2D eigenvalue weighted by molar-refractivity contribution is -0.120. The number of unbranched alkanes of at least 4 members (excludes halogenated alkanes) is 1. The van der Waals surface area contributed by atoms with Crippen LogP contribution in [0.25, 0.3) is 22.3 Å². The number of rotatable bonds is 17. The van der Waals surface area contributed by atoms with Gasteiger partial charge in [0.05, 0.1) is 22.4 Å². The Balaban J connectivity index is 1.42. The number of aliphatic hydroxyl groups is 1. The second kappa shape index (κ2) is 16.3. The van der Waals surface area contributed by atoms with Crippen LogP contribution in [0.4, 0.5) is 5.95 Å². The van der Waals surface area contributed by atoms with E-state index in [1.165, 1.54) is 0 Å². The molecule has 13 heteroatoms. The number of sulfonamides is 1. The van der Waals surface area contributed by atoms with Gasteiger partial charge >= 0.3 is 0 Å². The van der Waals surface area contributed by atoms with Crippen LogP contribution in [0.1, 0.15) is 77.7 Å². The Kier molecular flexibility index (Phi) is 12.5. The molecule has 2 aromatic heterocycles. The molecule has 2 heterocycles. The molecule has 1 saturated carbocycles. The molecule has 3 aromatic rings. The van der Waals surface area contributed by atoms with Crippen molar-refractivity contribution >= 4 is 32.9 Å². The van der Waals surface area contributed by atoms with Crippen molar-refractivity contribution in [1.82, 2.24) is 34.7 Å². The van der Waals surface area contributed by atoms with Crippen LogP contribution in [-0.4, -0.2) is 90.0 Å². The molecule has 1 aliphatic carbocycles. The van der Waals surface area contributed by atoms with Crippen LogP contribution >= 0.6 is 0 Å². The van der Waals surface area contributed by atoms with Crippen molar-refractivity contribution in [3.8, 4) is 11.3 Å². The largest absolute Gasteiger partial charge is 0.393 e. The van der Waals surface area contributed by atoms with E-state index in [9.17, 15) is 18.3 Å². The van der Waals surface area contributed by atoms with E-state index in [4.69, 9.17) is 10.1 Å². The van der Waals surface area contributed by atoms with E-state index in [0.29, 0.717) is 31.0 Å². The summed E-state index contributed by atoms with van der Waals surface area (Å²) in [6, 6.07) is 6.68. The quantitative estimate of drug-likeness (QED) is 0.164. The monoisotopic (exact) mass is 628 g/mol. The molecule has 1 amide bonds. The minimum Gasteiger partial charge on any atom is -0.393 e. The lowest BCUT2D eigenvalue weighted by Crippen LogP contribution is -2.32. The zero-order valence-corrected chi connectivity index (χ0v) is 27.1. The van der Waals surface area contributed by atoms with Crippen molar-refractivity contribution in [1.29, 1.82) is 0 Å². The Hall–Kier alpha value is -3.13. The average Bonchev–Trinajstić information content (AvgIpc) is 3.39. The van der Waals surface area contributed by atoms with Gasteiger partial charge in [0, 0.05) is 37.8 Å². The minimum absolute atomic E-state index is 0.0166. The van der Waals surface area contributed by atoms with E-state index in [0.717, 1.165) is 74.8 Å². The summed E-state index contributed by atoms with van der Waals surface area (Å²) in [6.45, 7) is 7.56. The number of fused-ring (bicyclic) bond motifs is 1. The van der Waals surface area contributed by atoms with E-state index in [-0.39, 0.29) is 35.9 Å². The molecule has 0 radical (unpaired) electrons. The molecule has 1 fully saturated rings. The average molecular weight is 629 g/mol. The van der Waals surface area contributed by atoms with Gasteiger partial charge in [0.15, 0.2) is 5.65 Å². The number of anilines is 1. The molecule has 1 aromatic carbocycles. The van der Waals surface area contributed by atoms with Gasteiger partial charge in [0.25, 0.3) is 0 Å². The highest BCUT2D eigenvalue weighted by molar-refractivity contribution is 7.89. The summed E-state index contributed by atoms with van der Waals surface area (Å²) in [4.78, 5) is 23.8. The van der Waals surface area contributed by atoms with Crippen LogP contribution in [0.15, 0.2) is 35.4 Å². The molecule has 0 aliphatic heterocycles. The van der Waals surface area contributed by atoms with Gasteiger partial charge in [-0.25, -0.2) is 22.8 Å². The smallest absolute Gasteiger partial charge is 0.240 e. The van der Waals surface area contributed by atoms with E-state index < -0.39 is 10.0 Å². The van der Waals surface area contributed by atoms with Crippen LogP contribution in [0.2, 0.25) is 0 Å². The Morgan fingerprint density at radius 3 is 2.48 bits per heavy atom. The SMILES string of the molecule is CCCCNc1ncc2c(-c3ccc(S(=O)(=O)NCCC(=O)NCCCN(C)CCC)cc3)nn(C3CCC(O)CC3)c2n1. The van der Waals surface area contributed by atoms with Crippen LogP contribution in [0.3, 0.4) is 0 Å². The molecule has 1 aliphatic rings. The second-order valence-electron chi connectivity index (χ2n) is 11.6. The Morgan fingerprint density at radius 1 is 1.02 bits per heavy atom. The molecular weight excluding hydrogens is 580 g/mol. The number of hydrogen-bond acceptors (Lipinski definition) is 9. The summed E-state index contributed by atoms with van der Waals surface area (Å²) in [5, 5.41) is 21.9. The summed E-state index contributed by atoms with van der Waals surface area (Å²) in [5.74, 6) is 0.373. The van der Waals surface area contributed by atoms with Crippen LogP contribution < -0.4 is 15.4 Å². The second-order valence-corrected chi connectivity index (χ2v) is 13.4. The van der Waals surface area contributed by atoms with Gasteiger partial charge < -0.3 is 20.6 Å². The fourth-order valence-corrected chi connectivity index (χ4v) is 6.52. The zero-order valence-electron chi connectivity index (χ0n) is 26.3. The first-order valence-corrected chi connectivity index (χ1v) is 17.4. The van der Waals surface area contributed by atoms with Gasteiger partial charge in [-0.15, -0.1) is 0 Å². The van der Waals surface area contributed by atoms with Crippen molar-refractivity contribution in [2.75, 3.05) is 45.1 Å². The van der Waals surface area contributed by atoms with E-state index in [1.54, 1.807) is 30.5 Å². The molecular formula is C31H48N8O4S. The van der Waals surface area contributed by atoms with Gasteiger partial charge in [-0.3, -0.25) is 4.79 Å². The summed E-state index contributed by atoms with van der Waals surface area (Å²) in [7, 11) is -1.73. The van der Waals surface area contributed by atoms with Crippen LogP contribution in [-0.2, 0) is 14.8 Å². The summed E-state index contributed by atoms with van der Waals surface area (Å²) in [6.07, 6.45) is 8.61. The van der Waals surface area contributed by atoms with Crippen LogP contribution in [0, 0.1) is 0 Å². The van der Waals surface area contributed by atoms with E-state index in [1.807, 2.05) is 4.68 Å². The lowest BCUT2D eigenvalue weighted by Gasteiger charge is -2.25. The topological polar surface area (TPSA) is 154 Å². The van der Waals surface area contributed by atoms with Crippen LogP contribution in [0.5, 0.6) is 0 Å². The fourth-order valence-electron chi connectivity index (χ4n) is 5.49. The predicted octanol–water partition coefficient (Wildman–Crippen LogP) is 3.70. The Labute approximate surface area is 261 Å². The van der Waals surface area contributed by atoms with Gasteiger partial charge in [0.1, 0.15) is 5.69 Å². The number of amides is 1. The maximum atomic E-state index is 12.9. The highest BCUT2D eigenvalue weighted by Crippen LogP contribution is 2.34. The van der Waals surface area contributed by atoms with Crippen molar-refractivity contribution in [3.63, 3.8) is 0 Å². The molecule has 0 atom stereocenters. The first-order valence-electron chi connectivity index (χ1n) is 15.9. The van der Waals surface area contributed by atoms with E-state index >= 15 is 0 Å². The number of aliphatic hydroxyl groups excluding tert-OH is 1. The molecule has 44 heavy (non-hydrogen) atoms. The summed E-state index contributed by atoms with van der Waals surface area (Å²) in [5.41, 5.74) is 2.16. The molecule has 0 bridgehead atoms. The Morgan fingerprint density at radius 2 is 1.77 bits per heavy atom. The van der Waals surface area contributed by atoms with Crippen molar-refractivity contribution < 1.29 is 18.3 Å². The van der Waals surface area contributed by atoms with Gasteiger partial charge in [-0.2, -0.15) is 10.1 Å². The maximum Gasteiger partial charge on any atom is 0.240 e. The molecule has 242 valence electrons. The maximum absolute atomic E-state index is 12.9. The van der Waals surface area contributed by atoms with Crippen molar-refractivity contribution in [2.45, 2.75) is 88.7 Å². The standard InChI is InChI=1S/C31H48N8O4S/c1-4-6-17-33-31-34-22-27-29(37-39(30(27)36-31)24-10-12-25(40)13-11-24)23-8-14-26(15-9-23)44(42,43)35-19-16-28(41)32-18-7-21-38(3)20-5-2/h8-9,14-15,22,24-25,35,40H,4-7,10-13,16-21H2,1-3H3,(H,32,41)(H,33,34,36). The number of benzene rings is 1.